The first-order valence-electron chi connectivity index (χ1n) is 7.41. The molecule has 21 heavy (non-hydrogen) atoms. The van der Waals surface area contributed by atoms with Gasteiger partial charge in [-0.05, 0) is 31.1 Å². The number of hydrogen-bond donors (Lipinski definition) is 1. The molecule has 0 bridgehead atoms. The predicted molar refractivity (Wildman–Crippen MR) is 81.9 cm³/mol. The molecule has 0 spiro atoms. The Morgan fingerprint density at radius 1 is 1.52 bits per heavy atom. The van der Waals surface area contributed by atoms with E-state index in [1.807, 2.05) is 11.8 Å². The van der Waals surface area contributed by atoms with Gasteiger partial charge in [0.05, 0.1) is 6.10 Å². The second-order valence-electron chi connectivity index (χ2n) is 5.33. The van der Waals surface area contributed by atoms with Crippen molar-refractivity contribution in [1.82, 2.24) is 10.3 Å². The van der Waals surface area contributed by atoms with Crippen LogP contribution in [-0.2, 0) is 4.74 Å². The first-order valence-corrected chi connectivity index (χ1v) is 8.57. The van der Waals surface area contributed by atoms with Gasteiger partial charge in [0.15, 0.2) is 0 Å². The molecule has 2 aliphatic heterocycles. The highest BCUT2D eigenvalue weighted by atomic mass is 32.2. The van der Waals surface area contributed by atoms with E-state index in [9.17, 15) is 4.79 Å². The van der Waals surface area contributed by atoms with Crippen molar-refractivity contribution in [2.45, 2.75) is 31.5 Å². The van der Waals surface area contributed by atoms with E-state index in [0.717, 1.165) is 37.4 Å². The Hall–Kier alpha value is -1.27. The van der Waals surface area contributed by atoms with Crippen LogP contribution in [0.3, 0.4) is 0 Å². The van der Waals surface area contributed by atoms with Crippen molar-refractivity contribution in [3.8, 4) is 5.88 Å². The summed E-state index contributed by atoms with van der Waals surface area (Å²) in [7, 11) is 0. The quantitative estimate of drug-likeness (QED) is 0.900. The van der Waals surface area contributed by atoms with E-state index in [0.29, 0.717) is 18.0 Å². The van der Waals surface area contributed by atoms with Crippen molar-refractivity contribution in [1.29, 1.82) is 0 Å². The van der Waals surface area contributed by atoms with E-state index in [2.05, 4.69) is 10.3 Å². The lowest BCUT2D eigenvalue weighted by Gasteiger charge is -2.13. The van der Waals surface area contributed by atoms with Crippen LogP contribution in [0.5, 0.6) is 5.88 Å². The van der Waals surface area contributed by atoms with Gasteiger partial charge < -0.3 is 14.8 Å². The van der Waals surface area contributed by atoms with Gasteiger partial charge in [0.25, 0.3) is 5.91 Å². The molecule has 2 fully saturated rings. The molecule has 1 aromatic heterocycles. The molecule has 3 heterocycles. The SMILES string of the molecule is O=C(NCC1CCCO1)c1ccnc(OC2CCSC2)c1. The number of thioether (sulfide) groups is 1. The fourth-order valence-electron chi connectivity index (χ4n) is 2.51. The molecule has 2 saturated heterocycles. The molecular weight excluding hydrogens is 288 g/mol. The third kappa shape index (κ3) is 4.11. The summed E-state index contributed by atoms with van der Waals surface area (Å²) >= 11 is 1.89. The van der Waals surface area contributed by atoms with E-state index in [1.165, 1.54) is 0 Å². The largest absolute Gasteiger partial charge is 0.473 e. The van der Waals surface area contributed by atoms with Crippen molar-refractivity contribution in [2.75, 3.05) is 24.7 Å². The van der Waals surface area contributed by atoms with Crippen molar-refractivity contribution in [2.24, 2.45) is 0 Å². The maximum atomic E-state index is 12.1. The van der Waals surface area contributed by atoms with Crippen molar-refractivity contribution >= 4 is 17.7 Å². The third-order valence-corrected chi connectivity index (χ3v) is 4.82. The molecular formula is C15H20N2O3S. The van der Waals surface area contributed by atoms with Crippen LogP contribution in [-0.4, -0.2) is 47.8 Å². The summed E-state index contributed by atoms with van der Waals surface area (Å²) in [5.41, 5.74) is 0.587. The summed E-state index contributed by atoms with van der Waals surface area (Å²) < 4.78 is 11.3. The van der Waals surface area contributed by atoms with Crippen molar-refractivity contribution in [3.05, 3.63) is 23.9 Å². The molecule has 0 saturated carbocycles. The highest BCUT2D eigenvalue weighted by Crippen LogP contribution is 2.22. The molecule has 1 N–H and O–H groups in total. The summed E-state index contributed by atoms with van der Waals surface area (Å²) in [6, 6.07) is 3.43. The summed E-state index contributed by atoms with van der Waals surface area (Å²) in [5.74, 6) is 2.56. The van der Waals surface area contributed by atoms with Crippen molar-refractivity contribution in [3.63, 3.8) is 0 Å². The zero-order chi connectivity index (χ0) is 14.5. The second kappa shape index (κ2) is 7.13. The van der Waals surface area contributed by atoms with Crippen LogP contribution in [0.25, 0.3) is 0 Å². The molecule has 2 unspecified atom stereocenters. The summed E-state index contributed by atoms with van der Waals surface area (Å²) in [4.78, 5) is 16.3. The van der Waals surface area contributed by atoms with Crippen LogP contribution in [0.4, 0.5) is 0 Å². The Morgan fingerprint density at radius 2 is 2.48 bits per heavy atom. The Labute approximate surface area is 128 Å². The van der Waals surface area contributed by atoms with Crippen LogP contribution in [0, 0.1) is 0 Å². The standard InChI is InChI=1S/C15H20N2O3S/c18-15(17-9-12-2-1-6-19-12)11-3-5-16-14(8-11)20-13-4-7-21-10-13/h3,5,8,12-13H,1-2,4,6-7,9-10H2,(H,17,18). The number of rotatable bonds is 5. The number of nitrogens with one attached hydrogen (secondary N) is 1. The zero-order valence-corrected chi connectivity index (χ0v) is 12.7. The maximum absolute atomic E-state index is 12.1. The zero-order valence-electron chi connectivity index (χ0n) is 11.9. The van der Waals surface area contributed by atoms with Gasteiger partial charge in [0.2, 0.25) is 5.88 Å². The Kier molecular flexibility index (Phi) is 4.98. The summed E-state index contributed by atoms with van der Waals surface area (Å²) in [6.07, 6.45) is 5.13. The van der Waals surface area contributed by atoms with E-state index >= 15 is 0 Å². The van der Waals surface area contributed by atoms with E-state index in [4.69, 9.17) is 9.47 Å². The third-order valence-electron chi connectivity index (χ3n) is 3.69. The van der Waals surface area contributed by atoms with Crippen molar-refractivity contribution < 1.29 is 14.3 Å². The number of amides is 1. The molecule has 0 aliphatic carbocycles. The van der Waals surface area contributed by atoms with Gasteiger partial charge in [-0.3, -0.25) is 4.79 Å². The molecule has 1 amide bonds. The first kappa shape index (κ1) is 14.7. The normalized spacial score (nSPS) is 25.0. The number of pyridine rings is 1. The summed E-state index contributed by atoms with van der Waals surface area (Å²) in [5, 5.41) is 2.91. The minimum Gasteiger partial charge on any atom is -0.473 e. The monoisotopic (exact) mass is 308 g/mol. The van der Waals surface area contributed by atoms with Gasteiger partial charge in [-0.2, -0.15) is 11.8 Å². The van der Waals surface area contributed by atoms with Crippen LogP contribution in [0.15, 0.2) is 18.3 Å². The fraction of sp³-hybridized carbons (Fsp3) is 0.600. The van der Waals surface area contributed by atoms with Crippen LogP contribution in [0.2, 0.25) is 0 Å². The van der Waals surface area contributed by atoms with E-state index < -0.39 is 0 Å². The molecule has 0 radical (unpaired) electrons. The lowest BCUT2D eigenvalue weighted by Crippen LogP contribution is -2.31. The average Bonchev–Trinajstić information content (AvgIpc) is 3.18. The molecule has 0 aromatic carbocycles. The average molecular weight is 308 g/mol. The molecule has 3 rings (SSSR count). The lowest BCUT2D eigenvalue weighted by molar-refractivity contribution is 0.0857. The van der Waals surface area contributed by atoms with Crippen LogP contribution >= 0.6 is 11.8 Å². The fourth-order valence-corrected chi connectivity index (χ4v) is 3.60. The Morgan fingerprint density at radius 3 is 3.24 bits per heavy atom. The Balaban J connectivity index is 1.54. The van der Waals surface area contributed by atoms with Gasteiger partial charge in [-0.1, -0.05) is 0 Å². The number of hydrogen-bond acceptors (Lipinski definition) is 5. The number of aromatic nitrogens is 1. The highest BCUT2D eigenvalue weighted by Gasteiger charge is 2.19. The number of ether oxygens (including phenoxy) is 2. The maximum Gasteiger partial charge on any atom is 0.251 e. The van der Waals surface area contributed by atoms with Gasteiger partial charge in [0, 0.05) is 36.7 Å². The van der Waals surface area contributed by atoms with Gasteiger partial charge in [-0.25, -0.2) is 4.98 Å². The van der Waals surface area contributed by atoms with Gasteiger partial charge >= 0.3 is 0 Å². The molecule has 1 aromatic rings. The molecule has 2 atom stereocenters. The number of nitrogens with zero attached hydrogens (tertiary/aromatic N) is 1. The number of carbonyl (C=O) groups is 1. The van der Waals surface area contributed by atoms with Crippen LogP contribution in [0.1, 0.15) is 29.6 Å². The number of carbonyl (C=O) groups excluding carboxylic acids is 1. The van der Waals surface area contributed by atoms with E-state index in [1.54, 1.807) is 18.3 Å². The Bertz CT molecular complexity index is 486. The lowest BCUT2D eigenvalue weighted by atomic mass is 10.2. The van der Waals surface area contributed by atoms with Gasteiger partial charge in [-0.15, -0.1) is 0 Å². The molecule has 114 valence electrons. The van der Waals surface area contributed by atoms with E-state index in [-0.39, 0.29) is 18.1 Å². The smallest absolute Gasteiger partial charge is 0.251 e. The highest BCUT2D eigenvalue weighted by molar-refractivity contribution is 7.99. The predicted octanol–water partition coefficient (Wildman–Crippen LogP) is 1.87. The topological polar surface area (TPSA) is 60.5 Å². The molecule has 5 nitrogen and oxygen atoms in total. The molecule has 6 heteroatoms. The van der Waals surface area contributed by atoms with Crippen LogP contribution < -0.4 is 10.1 Å². The second-order valence-corrected chi connectivity index (χ2v) is 6.48. The minimum atomic E-state index is -0.0986. The first-order chi connectivity index (χ1) is 10.3. The summed E-state index contributed by atoms with van der Waals surface area (Å²) in [6.45, 7) is 1.36. The van der Waals surface area contributed by atoms with Gasteiger partial charge in [0.1, 0.15) is 6.10 Å². The minimum absolute atomic E-state index is 0.0986. The molecule has 2 aliphatic rings.